The lowest BCUT2D eigenvalue weighted by Crippen LogP contribution is -2.38. The van der Waals surface area contributed by atoms with Crippen LogP contribution in [0.2, 0.25) is 0 Å². The molecule has 0 aliphatic rings. The van der Waals surface area contributed by atoms with Crippen LogP contribution in [0.5, 0.6) is 0 Å². The molecule has 7 nitrogen and oxygen atoms in total. The summed E-state index contributed by atoms with van der Waals surface area (Å²) in [4.78, 5) is 7.47. The van der Waals surface area contributed by atoms with Crippen molar-refractivity contribution in [1.82, 2.24) is 29.5 Å². The number of hydrogen-bond donors (Lipinski definition) is 1. The van der Waals surface area contributed by atoms with Crippen LogP contribution in [0.15, 0.2) is 31.4 Å². The standard InChI is InChI=1S/C14H13F3N6O/c1-9-11(15)2-10(13(17)12(9)16)14(24,3-22-7-18-5-20-22)4-23-8-19-6-21-23/h2,5-8,24H,3-4H2,1H3. The van der Waals surface area contributed by atoms with E-state index in [0.717, 1.165) is 13.0 Å². The molecule has 0 amide bonds. The van der Waals surface area contributed by atoms with Gasteiger partial charge in [0.25, 0.3) is 0 Å². The van der Waals surface area contributed by atoms with Crippen molar-refractivity contribution in [2.45, 2.75) is 25.6 Å². The SMILES string of the molecule is Cc1c(F)cc(C(O)(Cn2cncn2)Cn2cncn2)c(F)c1F. The lowest BCUT2D eigenvalue weighted by molar-refractivity contribution is -0.00937. The monoisotopic (exact) mass is 338 g/mol. The van der Waals surface area contributed by atoms with Crippen molar-refractivity contribution in [3.05, 3.63) is 60.0 Å². The lowest BCUT2D eigenvalue weighted by Gasteiger charge is -2.29. The van der Waals surface area contributed by atoms with Gasteiger partial charge in [0.2, 0.25) is 0 Å². The van der Waals surface area contributed by atoms with Gasteiger partial charge in [0.15, 0.2) is 11.6 Å². The number of aliphatic hydroxyl groups is 1. The Kier molecular flexibility index (Phi) is 4.06. The lowest BCUT2D eigenvalue weighted by atomic mass is 9.91. The Morgan fingerprint density at radius 1 is 1.00 bits per heavy atom. The van der Waals surface area contributed by atoms with Crippen molar-refractivity contribution in [2.75, 3.05) is 0 Å². The largest absolute Gasteiger partial charge is 0.381 e. The second kappa shape index (κ2) is 6.04. The summed E-state index contributed by atoms with van der Waals surface area (Å²) in [5, 5.41) is 18.7. The summed E-state index contributed by atoms with van der Waals surface area (Å²) in [6, 6.07) is 0.779. The molecule has 0 aliphatic carbocycles. The third-order valence-electron chi connectivity index (χ3n) is 3.67. The fourth-order valence-corrected chi connectivity index (χ4v) is 2.41. The molecule has 10 heteroatoms. The zero-order chi connectivity index (χ0) is 17.3. The topological polar surface area (TPSA) is 81.6 Å². The highest BCUT2D eigenvalue weighted by atomic mass is 19.2. The molecule has 1 N–H and O–H groups in total. The predicted octanol–water partition coefficient (Wildman–Crippen LogP) is 1.18. The van der Waals surface area contributed by atoms with E-state index in [1.807, 2.05) is 0 Å². The van der Waals surface area contributed by atoms with E-state index in [1.54, 1.807) is 0 Å². The minimum Gasteiger partial charge on any atom is -0.381 e. The molecule has 0 atom stereocenters. The van der Waals surface area contributed by atoms with Gasteiger partial charge in [-0.1, -0.05) is 0 Å². The third-order valence-corrected chi connectivity index (χ3v) is 3.67. The molecule has 3 rings (SSSR count). The molecule has 24 heavy (non-hydrogen) atoms. The minimum absolute atomic E-state index is 0.286. The van der Waals surface area contributed by atoms with E-state index in [1.165, 1.54) is 34.7 Å². The Bertz CT molecular complexity index is 799. The number of hydrogen-bond acceptors (Lipinski definition) is 5. The number of rotatable bonds is 5. The number of benzene rings is 1. The van der Waals surface area contributed by atoms with Crippen molar-refractivity contribution < 1.29 is 18.3 Å². The first-order valence-corrected chi connectivity index (χ1v) is 6.92. The van der Waals surface area contributed by atoms with E-state index in [0.29, 0.717) is 0 Å². The van der Waals surface area contributed by atoms with Gasteiger partial charge in [-0.2, -0.15) is 10.2 Å². The van der Waals surface area contributed by atoms with Crippen molar-refractivity contribution in [2.24, 2.45) is 0 Å². The van der Waals surface area contributed by atoms with Gasteiger partial charge in [-0.15, -0.1) is 0 Å². The summed E-state index contributed by atoms with van der Waals surface area (Å²) in [5.41, 5.74) is -3.02. The van der Waals surface area contributed by atoms with Gasteiger partial charge >= 0.3 is 0 Å². The molecule has 0 saturated carbocycles. The molecule has 0 unspecified atom stereocenters. The molecule has 2 heterocycles. The summed E-state index contributed by atoms with van der Waals surface area (Å²) in [5.74, 6) is -3.63. The summed E-state index contributed by atoms with van der Waals surface area (Å²) >= 11 is 0. The molecule has 0 saturated heterocycles. The summed E-state index contributed by atoms with van der Waals surface area (Å²) in [6.07, 6.45) is 5.04. The van der Waals surface area contributed by atoms with Crippen LogP contribution >= 0.6 is 0 Å². The first-order chi connectivity index (χ1) is 11.4. The van der Waals surface area contributed by atoms with E-state index in [2.05, 4.69) is 20.2 Å². The van der Waals surface area contributed by atoms with Crippen LogP contribution in [0.3, 0.4) is 0 Å². The minimum atomic E-state index is -2.03. The van der Waals surface area contributed by atoms with Gasteiger partial charge in [-0.05, 0) is 13.0 Å². The van der Waals surface area contributed by atoms with Gasteiger partial charge in [0, 0.05) is 11.1 Å². The smallest absolute Gasteiger partial charge is 0.165 e. The maximum Gasteiger partial charge on any atom is 0.165 e. The molecular weight excluding hydrogens is 325 g/mol. The molecule has 126 valence electrons. The Morgan fingerprint density at radius 3 is 2.00 bits per heavy atom. The fourth-order valence-electron chi connectivity index (χ4n) is 2.41. The molecule has 3 aromatic rings. The summed E-state index contributed by atoms with van der Waals surface area (Å²) < 4.78 is 44.7. The van der Waals surface area contributed by atoms with Crippen LogP contribution in [0.4, 0.5) is 13.2 Å². The van der Waals surface area contributed by atoms with Crippen LogP contribution in [0, 0.1) is 24.4 Å². The number of nitrogens with zero attached hydrogens (tertiary/aromatic N) is 6. The quantitative estimate of drug-likeness (QED) is 0.707. The van der Waals surface area contributed by atoms with Gasteiger partial charge in [0.1, 0.15) is 36.7 Å². The van der Waals surface area contributed by atoms with E-state index in [-0.39, 0.29) is 13.1 Å². The normalized spacial score (nSPS) is 11.9. The van der Waals surface area contributed by atoms with E-state index >= 15 is 0 Å². The second-order valence-electron chi connectivity index (χ2n) is 5.38. The number of aromatic nitrogens is 6. The molecule has 0 radical (unpaired) electrons. The van der Waals surface area contributed by atoms with Crippen LogP contribution in [0.25, 0.3) is 0 Å². The van der Waals surface area contributed by atoms with Gasteiger partial charge in [-0.25, -0.2) is 32.5 Å². The highest BCUT2D eigenvalue weighted by Gasteiger charge is 2.36. The fraction of sp³-hybridized carbons (Fsp3) is 0.286. The summed E-state index contributed by atoms with van der Waals surface area (Å²) in [6.45, 7) is 0.545. The molecule has 2 aromatic heterocycles. The Balaban J connectivity index is 2.10. The van der Waals surface area contributed by atoms with Gasteiger partial charge < -0.3 is 5.11 Å². The highest BCUT2D eigenvalue weighted by Crippen LogP contribution is 2.31. The number of halogens is 3. The van der Waals surface area contributed by atoms with Gasteiger partial charge in [0.05, 0.1) is 13.1 Å². The van der Waals surface area contributed by atoms with Crippen molar-refractivity contribution >= 4 is 0 Å². The second-order valence-corrected chi connectivity index (χ2v) is 5.38. The van der Waals surface area contributed by atoms with E-state index in [9.17, 15) is 18.3 Å². The van der Waals surface area contributed by atoms with E-state index in [4.69, 9.17) is 0 Å². The van der Waals surface area contributed by atoms with Crippen LogP contribution < -0.4 is 0 Å². The zero-order valence-corrected chi connectivity index (χ0v) is 12.6. The Labute approximate surface area is 134 Å². The maximum absolute atomic E-state index is 14.4. The van der Waals surface area contributed by atoms with Crippen molar-refractivity contribution in [1.29, 1.82) is 0 Å². The first-order valence-electron chi connectivity index (χ1n) is 6.92. The van der Waals surface area contributed by atoms with Crippen molar-refractivity contribution in [3.63, 3.8) is 0 Å². The molecular formula is C14H13F3N6O. The molecule has 0 bridgehead atoms. The Morgan fingerprint density at radius 2 is 1.54 bits per heavy atom. The average Bonchev–Trinajstić information content (AvgIpc) is 3.22. The predicted molar refractivity (Wildman–Crippen MR) is 75.0 cm³/mol. The maximum atomic E-state index is 14.4. The van der Waals surface area contributed by atoms with Crippen LogP contribution in [0.1, 0.15) is 11.1 Å². The molecule has 1 aromatic carbocycles. The van der Waals surface area contributed by atoms with Gasteiger partial charge in [-0.3, -0.25) is 0 Å². The van der Waals surface area contributed by atoms with Crippen molar-refractivity contribution in [3.8, 4) is 0 Å². The first kappa shape index (κ1) is 16.1. The highest BCUT2D eigenvalue weighted by molar-refractivity contribution is 5.31. The molecule has 0 spiro atoms. The molecule has 0 aliphatic heterocycles. The Hall–Kier alpha value is -2.75. The van der Waals surface area contributed by atoms with Crippen LogP contribution in [-0.2, 0) is 18.7 Å². The zero-order valence-electron chi connectivity index (χ0n) is 12.6. The van der Waals surface area contributed by atoms with E-state index < -0.39 is 34.2 Å². The summed E-state index contributed by atoms with van der Waals surface area (Å²) in [7, 11) is 0. The van der Waals surface area contributed by atoms with Crippen LogP contribution in [-0.4, -0.2) is 34.6 Å². The average molecular weight is 338 g/mol. The molecule has 0 fully saturated rings. The third kappa shape index (κ3) is 2.87.